The summed E-state index contributed by atoms with van der Waals surface area (Å²) < 4.78 is 0. The number of aromatic nitrogens is 2. The molecule has 2 N–H and O–H groups in total. The quantitative estimate of drug-likeness (QED) is 0.788. The third-order valence-electron chi connectivity index (χ3n) is 4.01. The highest BCUT2D eigenvalue weighted by atomic mass is 16.4. The van der Waals surface area contributed by atoms with Crippen LogP contribution in [0.3, 0.4) is 0 Å². The lowest BCUT2D eigenvalue weighted by Crippen LogP contribution is -2.25. The molecule has 0 radical (unpaired) electrons. The van der Waals surface area contributed by atoms with Gasteiger partial charge in [0, 0.05) is 19.0 Å². The first kappa shape index (κ1) is 11.4. The van der Waals surface area contributed by atoms with Crippen LogP contribution >= 0.6 is 0 Å². The summed E-state index contributed by atoms with van der Waals surface area (Å²) in [7, 11) is 0. The second-order valence-electron chi connectivity index (χ2n) is 5.06. The average Bonchev–Trinajstić information content (AvgIpc) is 2.92. The summed E-state index contributed by atoms with van der Waals surface area (Å²) in [4.78, 5) is 12.8. The molecule has 18 heavy (non-hydrogen) atoms. The fourth-order valence-corrected chi connectivity index (χ4v) is 3.03. The molecule has 6 nitrogen and oxygen atoms in total. The summed E-state index contributed by atoms with van der Waals surface area (Å²) in [6.45, 7) is 1.66. The molecule has 96 valence electrons. The Labute approximate surface area is 104 Å². The smallest absolute Gasteiger partial charge is 0.356 e. The SMILES string of the molecule is O=C(O)c1ccc(N2CC3CCC(O)C3C2)nn1. The fourth-order valence-electron chi connectivity index (χ4n) is 3.03. The van der Waals surface area contributed by atoms with E-state index in [1.54, 1.807) is 6.07 Å². The maximum atomic E-state index is 10.7. The van der Waals surface area contributed by atoms with E-state index in [1.165, 1.54) is 6.07 Å². The molecule has 1 saturated heterocycles. The first-order chi connectivity index (χ1) is 8.65. The van der Waals surface area contributed by atoms with Crippen LogP contribution in [0.25, 0.3) is 0 Å². The second-order valence-corrected chi connectivity index (χ2v) is 5.06. The van der Waals surface area contributed by atoms with Crippen molar-refractivity contribution in [1.29, 1.82) is 0 Å². The number of rotatable bonds is 2. The highest BCUT2D eigenvalue weighted by Gasteiger charge is 2.42. The summed E-state index contributed by atoms with van der Waals surface area (Å²) in [5.74, 6) is 0.483. The Kier molecular flexibility index (Phi) is 2.66. The average molecular weight is 249 g/mol. The van der Waals surface area contributed by atoms with Crippen LogP contribution in [0.1, 0.15) is 23.3 Å². The van der Waals surface area contributed by atoms with Gasteiger partial charge in [0.2, 0.25) is 0 Å². The molecule has 2 fully saturated rings. The summed E-state index contributed by atoms with van der Waals surface area (Å²) in [5.41, 5.74) is -0.0434. The number of nitrogens with zero attached hydrogens (tertiary/aromatic N) is 3. The van der Waals surface area contributed by atoms with Gasteiger partial charge >= 0.3 is 5.97 Å². The van der Waals surface area contributed by atoms with E-state index in [0.29, 0.717) is 17.7 Å². The van der Waals surface area contributed by atoms with Crippen molar-refractivity contribution in [2.75, 3.05) is 18.0 Å². The van der Waals surface area contributed by atoms with Crippen LogP contribution in [0.4, 0.5) is 5.82 Å². The number of aromatic carboxylic acids is 1. The summed E-state index contributed by atoms with van der Waals surface area (Å²) in [6, 6.07) is 3.15. The standard InChI is InChI=1S/C12H15N3O3/c16-10-3-1-7-5-15(6-8(7)10)11-4-2-9(12(17)18)13-14-11/h2,4,7-8,10,16H,1,3,5-6H2,(H,17,18). The van der Waals surface area contributed by atoms with Gasteiger partial charge in [-0.3, -0.25) is 0 Å². The number of aliphatic hydroxyl groups is 1. The summed E-state index contributed by atoms with van der Waals surface area (Å²) >= 11 is 0. The van der Waals surface area contributed by atoms with Gasteiger partial charge in [0.25, 0.3) is 0 Å². The van der Waals surface area contributed by atoms with Crippen LogP contribution in [-0.2, 0) is 0 Å². The largest absolute Gasteiger partial charge is 0.476 e. The highest BCUT2D eigenvalue weighted by Crippen LogP contribution is 2.39. The molecule has 0 spiro atoms. The molecule has 0 amide bonds. The van der Waals surface area contributed by atoms with Gasteiger partial charge in [-0.25, -0.2) is 4.79 Å². The zero-order valence-electron chi connectivity index (χ0n) is 9.86. The number of carboxylic acids is 1. The number of hydrogen-bond donors (Lipinski definition) is 2. The van der Waals surface area contributed by atoms with Crippen LogP contribution < -0.4 is 4.90 Å². The molecular weight excluding hydrogens is 234 g/mol. The zero-order valence-corrected chi connectivity index (χ0v) is 9.86. The topological polar surface area (TPSA) is 86.5 Å². The lowest BCUT2D eigenvalue weighted by molar-refractivity contribution is 0.0689. The predicted molar refractivity (Wildman–Crippen MR) is 63.4 cm³/mol. The van der Waals surface area contributed by atoms with E-state index in [1.807, 2.05) is 0 Å². The van der Waals surface area contributed by atoms with Gasteiger partial charge in [0.15, 0.2) is 11.5 Å². The molecule has 0 aromatic carbocycles. The number of carboxylic acid groups (broad SMARTS) is 1. The molecule has 3 atom stereocenters. The maximum Gasteiger partial charge on any atom is 0.356 e. The van der Waals surface area contributed by atoms with Crippen LogP contribution in [0.5, 0.6) is 0 Å². The Morgan fingerprint density at radius 3 is 2.72 bits per heavy atom. The number of carbonyl (C=O) groups is 1. The Hall–Kier alpha value is -1.69. The van der Waals surface area contributed by atoms with Gasteiger partial charge in [-0.1, -0.05) is 0 Å². The molecule has 3 unspecified atom stereocenters. The van der Waals surface area contributed by atoms with Gasteiger partial charge in [-0.15, -0.1) is 10.2 Å². The summed E-state index contributed by atoms with van der Waals surface area (Å²) in [5, 5.41) is 26.2. The molecule has 1 aliphatic heterocycles. The Balaban J connectivity index is 1.75. The van der Waals surface area contributed by atoms with Crippen molar-refractivity contribution in [3.05, 3.63) is 17.8 Å². The van der Waals surface area contributed by atoms with Crippen molar-refractivity contribution < 1.29 is 15.0 Å². The van der Waals surface area contributed by atoms with E-state index in [-0.39, 0.29) is 11.8 Å². The van der Waals surface area contributed by atoms with Crippen molar-refractivity contribution in [2.24, 2.45) is 11.8 Å². The molecule has 2 aliphatic rings. The van der Waals surface area contributed by atoms with Gasteiger partial charge in [0.1, 0.15) is 0 Å². The first-order valence-electron chi connectivity index (χ1n) is 6.15. The lowest BCUT2D eigenvalue weighted by atomic mass is 10.00. The minimum absolute atomic E-state index is 0.0434. The minimum Gasteiger partial charge on any atom is -0.476 e. The van der Waals surface area contributed by atoms with Gasteiger partial charge in [-0.2, -0.15) is 0 Å². The third kappa shape index (κ3) is 1.82. The molecule has 1 saturated carbocycles. The van der Waals surface area contributed by atoms with Crippen molar-refractivity contribution in [3.8, 4) is 0 Å². The maximum absolute atomic E-state index is 10.7. The van der Waals surface area contributed by atoms with E-state index in [9.17, 15) is 9.90 Å². The lowest BCUT2D eigenvalue weighted by Gasteiger charge is -2.18. The Morgan fingerprint density at radius 1 is 1.28 bits per heavy atom. The van der Waals surface area contributed by atoms with Crippen LogP contribution in [0, 0.1) is 11.8 Å². The van der Waals surface area contributed by atoms with Crippen molar-refractivity contribution in [3.63, 3.8) is 0 Å². The highest BCUT2D eigenvalue weighted by molar-refractivity contribution is 5.85. The third-order valence-corrected chi connectivity index (χ3v) is 4.01. The molecule has 2 heterocycles. The van der Waals surface area contributed by atoms with Gasteiger partial charge in [0.05, 0.1) is 6.10 Å². The molecule has 1 aromatic rings. The van der Waals surface area contributed by atoms with E-state index < -0.39 is 5.97 Å². The fraction of sp³-hybridized carbons (Fsp3) is 0.583. The molecule has 6 heteroatoms. The van der Waals surface area contributed by atoms with Gasteiger partial charge in [-0.05, 0) is 30.9 Å². The van der Waals surface area contributed by atoms with E-state index in [0.717, 1.165) is 25.9 Å². The van der Waals surface area contributed by atoms with Crippen molar-refractivity contribution in [1.82, 2.24) is 10.2 Å². The van der Waals surface area contributed by atoms with Gasteiger partial charge < -0.3 is 15.1 Å². The van der Waals surface area contributed by atoms with E-state index in [4.69, 9.17) is 5.11 Å². The van der Waals surface area contributed by atoms with Crippen molar-refractivity contribution in [2.45, 2.75) is 18.9 Å². The normalized spacial score (nSPS) is 30.5. The molecule has 0 bridgehead atoms. The molecular formula is C12H15N3O3. The molecule has 3 rings (SSSR count). The van der Waals surface area contributed by atoms with Crippen LogP contribution in [0.15, 0.2) is 12.1 Å². The Bertz CT molecular complexity index is 462. The van der Waals surface area contributed by atoms with E-state index >= 15 is 0 Å². The first-order valence-corrected chi connectivity index (χ1v) is 6.15. The van der Waals surface area contributed by atoms with E-state index in [2.05, 4.69) is 15.1 Å². The zero-order chi connectivity index (χ0) is 12.7. The van der Waals surface area contributed by atoms with Crippen LogP contribution in [-0.4, -0.2) is 45.6 Å². The number of anilines is 1. The minimum atomic E-state index is -1.07. The second kappa shape index (κ2) is 4.20. The monoisotopic (exact) mass is 249 g/mol. The van der Waals surface area contributed by atoms with Crippen LogP contribution in [0.2, 0.25) is 0 Å². The number of fused-ring (bicyclic) bond motifs is 1. The number of hydrogen-bond acceptors (Lipinski definition) is 5. The summed E-state index contributed by atoms with van der Waals surface area (Å²) in [6.07, 6.45) is 1.75. The predicted octanol–water partition coefficient (Wildman–Crippen LogP) is 0.382. The molecule has 1 aromatic heterocycles. The molecule has 1 aliphatic carbocycles. The van der Waals surface area contributed by atoms with Crippen molar-refractivity contribution >= 4 is 11.8 Å². The number of aliphatic hydroxyl groups excluding tert-OH is 1. The Morgan fingerprint density at radius 2 is 2.11 bits per heavy atom.